The van der Waals surface area contributed by atoms with Crippen molar-refractivity contribution < 1.29 is 4.39 Å². The monoisotopic (exact) mass is 285 g/mol. The van der Waals surface area contributed by atoms with Crippen molar-refractivity contribution in [3.8, 4) is 0 Å². The molecule has 0 saturated carbocycles. The van der Waals surface area contributed by atoms with Gasteiger partial charge in [-0.2, -0.15) is 0 Å². The number of aryl methyl sites for hydroxylation is 1. The maximum absolute atomic E-state index is 12.8. The number of hydrogen-bond acceptors (Lipinski definition) is 0. The summed E-state index contributed by atoms with van der Waals surface area (Å²) in [6.45, 7) is 1.59. The van der Waals surface area contributed by atoms with E-state index in [-0.39, 0.29) is 4.83 Å². The lowest BCUT2D eigenvalue weighted by atomic mass is 10.0. The second kappa shape index (κ2) is 7.83. The second-order valence-corrected chi connectivity index (χ2v) is 5.27. The predicted molar refractivity (Wildman–Crippen MR) is 71.6 cm³/mol. The highest BCUT2D eigenvalue weighted by atomic mass is 79.9. The average molecular weight is 286 g/mol. The van der Waals surface area contributed by atoms with Crippen LogP contribution in [0.5, 0.6) is 0 Å². The summed E-state index contributed by atoms with van der Waals surface area (Å²) in [5.74, 6) is 0. The molecule has 2 atom stereocenters. The van der Waals surface area contributed by atoms with Crippen molar-refractivity contribution in [1.82, 2.24) is 0 Å². The van der Waals surface area contributed by atoms with Gasteiger partial charge in [-0.3, -0.25) is 0 Å². The first kappa shape index (κ1) is 13.7. The first-order valence-corrected chi connectivity index (χ1v) is 6.75. The smallest absolute Gasteiger partial charge is 0.110 e. The van der Waals surface area contributed by atoms with Gasteiger partial charge in [-0.25, -0.2) is 4.39 Å². The number of unbranched alkanes of at least 4 members (excludes halogenated alkanes) is 2. The van der Waals surface area contributed by atoms with E-state index in [2.05, 4.69) is 46.6 Å². The molecule has 0 N–H and O–H groups in total. The van der Waals surface area contributed by atoms with E-state index >= 15 is 0 Å². The summed E-state index contributed by atoms with van der Waals surface area (Å²) in [5.41, 5.74) is 1.38. The Morgan fingerprint density at radius 1 is 1.31 bits per heavy atom. The molecule has 0 fully saturated rings. The van der Waals surface area contributed by atoms with Gasteiger partial charge in [-0.15, -0.1) is 0 Å². The maximum atomic E-state index is 12.8. The quantitative estimate of drug-likeness (QED) is 0.502. The van der Waals surface area contributed by atoms with Crippen molar-refractivity contribution in [3.63, 3.8) is 0 Å². The molecular weight excluding hydrogens is 267 g/mol. The Kier molecular flexibility index (Phi) is 6.70. The van der Waals surface area contributed by atoms with Crippen LogP contribution < -0.4 is 0 Å². The minimum atomic E-state index is -0.773. The van der Waals surface area contributed by atoms with Crippen LogP contribution in [0.25, 0.3) is 0 Å². The molecule has 0 heterocycles. The molecule has 0 nitrogen and oxygen atoms in total. The van der Waals surface area contributed by atoms with Gasteiger partial charge in [0.2, 0.25) is 0 Å². The predicted octanol–water partition coefficient (Wildman–Crippen LogP) is 4.73. The van der Waals surface area contributed by atoms with Crippen molar-refractivity contribution in [3.05, 3.63) is 42.3 Å². The van der Waals surface area contributed by atoms with Crippen LogP contribution in [0, 0.1) is 6.42 Å². The van der Waals surface area contributed by atoms with Gasteiger partial charge in [-0.1, -0.05) is 46.3 Å². The van der Waals surface area contributed by atoms with Crippen molar-refractivity contribution >= 4 is 15.9 Å². The first-order valence-electron chi connectivity index (χ1n) is 5.84. The van der Waals surface area contributed by atoms with E-state index in [4.69, 9.17) is 0 Å². The number of benzene rings is 1. The fraction of sp³-hybridized carbons (Fsp3) is 0.500. The van der Waals surface area contributed by atoms with Gasteiger partial charge in [0, 0.05) is 4.83 Å². The largest absolute Gasteiger partial charge is 0.247 e. The molecule has 0 saturated heterocycles. The minimum Gasteiger partial charge on any atom is -0.247 e. The van der Waals surface area contributed by atoms with Crippen molar-refractivity contribution in [1.29, 1.82) is 0 Å². The number of halogens is 2. The zero-order valence-corrected chi connectivity index (χ0v) is 11.3. The molecule has 0 amide bonds. The van der Waals surface area contributed by atoms with Gasteiger partial charge in [0.15, 0.2) is 0 Å². The number of alkyl halides is 2. The lowest BCUT2D eigenvalue weighted by Crippen LogP contribution is -2.11. The summed E-state index contributed by atoms with van der Waals surface area (Å²) in [6.07, 6.45) is 5.53. The molecule has 89 valence electrons. The summed E-state index contributed by atoms with van der Waals surface area (Å²) < 4.78 is 12.8. The Labute approximate surface area is 106 Å². The molecule has 0 aromatic heterocycles. The first-order chi connectivity index (χ1) is 7.70. The van der Waals surface area contributed by atoms with Crippen LogP contribution in [-0.2, 0) is 6.42 Å². The fourth-order valence-corrected chi connectivity index (χ4v) is 1.82. The van der Waals surface area contributed by atoms with E-state index in [9.17, 15) is 4.39 Å². The molecule has 16 heavy (non-hydrogen) atoms. The second-order valence-electron chi connectivity index (χ2n) is 4.10. The lowest BCUT2D eigenvalue weighted by Gasteiger charge is -2.09. The van der Waals surface area contributed by atoms with Crippen molar-refractivity contribution in [2.75, 3.05) is 0 Å². The standard InChI is InChI=1S/C14H19BrF/c1-12(16)14(15)11-7-3-6-10-13-8-4-2-5-9-13/h2,4-5,7-9,12,14H,3,6,10-11H2,1H3. The van der Waals surface area contributed by atoms with Crippen LogP contribution in [0.15, 0.2) is 30.3 Å². The summed E-state index contributed by atoms with van der Waals surface area (Å²) >= 11 is 3.33. The highest BCUT2D eigenvalue weighted by molar-refractivity contribution is 9.09. The minimum absolute atomic E-state index is 0.0239. The molecule has 0 spiro atoms. The zero-order valence-electron chi connectivity index (χ0n) is 9.70. The number of hydrogen-bond donors (Lipinski definition) is 0. The maximum Gasteiger partial charge on any atom is 0.110 e. The van der Waals surface area contributed by atoms with Crippen molar-refractivity contribution in [2.45, 2.75) is 43.6 Å². The highest BCUT2D eigenvalue weighted by Crippen LogP contribution is 2.17. The molecule has 0 bridgehead atoms. The molecule has 1 radical (unpaired) electrons. The average Bonchev–Trinajstić information content (AvgIpc) is 2.29. The molecule has 0 aliphatic heterocycles. The SMILES string of the molecule is CC(F)C(Br)C[CH]CCCc1ccccc1. The van der Waals surface area contributed by atoms with E-state index in [0.717, 1.165) is 25.7 Å². The van der Waals surface area contributed by atoms with Gasteiger partial charge < -0.3 is 0 Å². The van der Waals surface area contributed by atoms with Crippen LogP contribution in [0.3, 0.4) is 0 Å². The Bertz CT molecular complexity index is 271. The Balaban J connectivity index is 2.04. The normalized spacial score (nSPS) is 14.7. The van der Waals surface area contributed by atoms with Gasteiger partial charge in [0.05, 0.1) is 0 Å². The van der Waals surface area contributed by atoms with E-state index in [1.165, 1.54) is 5.56 Å². The Morgan fingerprint density at radius 2 is 2.00 bits per heavy atom. The van der Waals surface area contributed by atoms with Crippen LogP contribution >= 0.6 is 15.9 Å². The van der Waals surface area contributed by atoms with Crippen LogP contribution in [0.2, 0.25) is 0 Å². The summed E-state index contributed by atoms with van der Waals surface area (Å²) in [4.78, 5) is -0.0239. The van der Waals surface area contributed by atoms with Gasteiger partial charge in [-0.05, 0) is 44.6 Å². The zero-order chi connectivity index (χ0) is 11.8. The fourth-order valence-electron chi connectivity index (χ4n) is 1.56. The van der Waals surface area contributed by atoms with E-state index in [0.29, 0.717) is 0 Å². The van der Waals surface area contributed by atoms with Gasteiger partial charge >= 0.3 is 0 Å². The summed E-state index contributed by atoms with van der Waals surface area (Å²) in [6, 6.07) is 10.5. The Hall–Kier alpha value is -0.370. The number of rotatable bonds is 7. The van der Waals surface area contributed by atoms with Crippen LogP contribution in [0.4, 0.5) is 4.39 Å². The summed E-state index contributed by atoms with van der Waals surface area (Å²) in [7, 11) is 0. The molecule has 0 aliphatic rings. The van der Waals surface area contributed by atoms with E-state index in [1.807, 2.05) is 6.07 Å². The molecule has 0 aliphatic carbocycles. The molecule has 1 aromatic carbocycles. The van der Waals surface area contributed by atoms with Gasteiger partial charge in [0.25, 0.3) is 0 Å². The molecule has 1 rings (SSSR count). The summed E-state index contributed by atoms with van der Waals surface area (Å²) in [5, 5.41) is 0. The third-order valence-corrected chi connectivity index (χ3v) is 3.71. The van der Waals surface area contributed by atoms with Gasteiger partial charge in [0.1, 0.15) is 6.17 Å². The van der Waals surface area contributed by atoms with Crippen LogP contribution in [0.1, 0.15) is 31.7 Å². The highest BCUT2D eigenvalue weighted by Gasteiger charge is 2.11. The molecule has 2 unspecified atom stereocenters. The third-order valence-electron chi connectivity index (χ3n) is 2.61. The van der Waals surface area contributed by atoms with E-state index < -0.39 is 6.17 Å². The molecule has 2 heteroatoms. The molecular formula is C14H19BrF. The lowest BCUT2D eigenvalue weighted by molar-refractivity contribution is 0.351. The topological polar surface area (TPSA) is 0 Å². The Morgan fingerprint density at radius 3 is 2.62 bits per heavy atom. The molecule has 1 aromatic rings. The van der Waals surface area contributed by atoms with Crippen LogP contribution in [-0.4, -0.2) is 11.0 Å². The van der Waals surface area contributed by atoms with E-state index in [1.54, 1.807) is 6.92 Å². The van der Waals surface area contributed by atoms with Crippen molar-refractivity contribution in [2.24, 2.45) is 0 Å². The third kappa shape index (κ3) is 5.64.